The molecule has 358 valence electrons. The number of carboxylic acids is 1. The van der Waals surface area contributed by atoms with E-state index in [2.05, 4.69) is 52.2 Å². The lowest BCUT2D eigenvalue weighted by molar-refractivity contribution is -0.144. The number of aliphatic imine (C=N–C) groups is 1. The monoisotopic (exact) mass is 911 g/mol. The van der Waals surface area contributed by atoms with E-state index in [9.17, 15) is 48.6 Å². The van der Waals surface area contributed by atoms with Crippen molar-refractivity contribution in [3.63, 3.8) is 0 Å². The number of likely N-dealkylation sites (tertiary alicyclic amines) is 1. The first kappa shape index (κ1) is 52.6. The van der Waals surface area contributed by atoms with E-state index >= 15 is 0 Å². The molecule has 2 heterocycles. The van der Waals surface area contributed by atoms with Crippen LogP contribution in [0.5, 0.6) is 5.75 Å². The Morgan fingerprint density at radius 2 is 1.42 bits per heavy atom. The van der Waals surface area contributed by atoms with Gasteiger partial charge in [0.15, 0.2) is 5.96 Å². The topological polar surface area (TPSA) is 358 Å². The van der Waals surface area contributed by atoms with Crippen LogP contribution in [0.25, 0.3) is 0 Å². The van der Waals surface area contributed by atoms with Gasteiger partial charge in [-0.15, -0.1) is 0 Å². The van der Waals surface area contributed by atoms with Gasteiger partial charge in [0.2, 0.25) is 41.4 Å². The molecule has 0 spiro atoms. The fourth-order valence-electron chi connectivity index (χ4n) is 7.05. The van der Waals surface area contributed by atoms with Crippen LogP contribution in [0.3, 0.4) is 0 Å². The van der Waals surface area contributed by atoms with E-state index in [1.54, 1.807) is 46.9 Å². The molecule has 1 aliphatic heterocycles. The van der Waals surface area contributed by atoms with Crippen molar-refractivity contribution in [3.05, 3.63) is 48.0 Å². The summed E-state index contributed by atoms with van der Waals surface area (Å²) < 4.78 is 0. The van der Waals surface area contributed by atoms with Crippen LogP contribution in [0.2, 0.25) is 0 Å². The Morgan fingerprint density at radius 3 is 1.95 bits per heavy atom. The minimum absolute atomic E-state index is 0.0393. The lowest BCUT2D eigenvalue weighted by Gasteiger charge is -2.31. The Labute approximate surface area is 377 Å². The third-order valence-electron chi connectivity index (χ3n) is 10.6. The number of hydrogen-bond donors (Lipinski definition) is 12. The number of guanidine groups is 1. The summed E-state index contributed by atoms with van der Waals surface area (Å²) in [7, 11) is 1.57. The first-order chi connectivity index (χ1) is 30.7. The maximum Gasteiger partial charge on any atom is 0.325 e. The van der Waals surface area contributed by atoms with Crippen LogP contribution in [-0.4, -0.2) is 147 Å². The number of amides is 7. The summed E-state index contributed by atoms with van der Waals surface area (Å²) in [5, 5.41) is 37.9. The molecule has 3 rings (SSSR count). The molecule has 7 amide bonds. The number of hydrogen-bond acceptors (Lipinski definition) is 12. The molecule has 23 heteroatoms. The number of phenolic OH excluding ortho intramolecular Hbond substituents is 1. The molecule has 1 fully saturated rings. The highest BCUT2D eigenvalue weighted by Gasteiger charge is 2.40. The van der Waals surface area contributed by atoms with Crippen LogP contribution in [0, 0.1) is 11.8 Å². The van der Waals surface area contributed by atoms with Crippen molar-refractivity contribution in [2.24, 2.45) is 28.3 Å². The molecular formula is C42H65N13O10. The van der Waals surface area contributed by atoms with E-state index < -0.39 is 101 Å². The Bertz CT molecular complexity index is 1970. The van der Waals surface area contributed by atoms with Gasteiger partial charge in [-0.2, -0.15) is 0 Å². The number of carbonyl (C=O) groups is 8. The zero-order valence-corrected chi connectivity index (χ0v) is 37.7. The maximum atomic E-state index is 14.3. The normalized spacial score (nSPS) is 16.2. The molecule has 1 aromatic carbocycles. The number of aromatic hydroxyl groups is 1. The number of likely N-dealkylation sites (N-methyl/N-ethyl adjacent to an activating group) is 1. The Hall–Kier alpha value is -6.78. The van der Waals surface area contributed by atoms with Gasteiger partial charge in [0, 0.05) is 37.8 Å². The lowest BCUT2D eigenvalue weighted by atomic mass is 9.98. The van der Waals surface area contributed by atoms with E-state index in [-0.39, 0.29) is 57.0 Å². The highest BCUT2D eigenvalue weighted by molar-refractivity contribution is 5.98. The second-order valence-electron chi connectivity index (χ2n) is 16.6. The fourth-order valence-corrected chi connectivity index (χ4v) is 7.05. The maximum absolute atomic E-state index is 14.3. The average molecular weight is 912 g/mol. The quantitative estimate of drug-likeness (QED) is 0.0278. The van der Waals surface area contributed by atoms with Gasteiger partial charge in [-0.3, -0.25) is 43.3 Å². The summed E-state index contributed by atoms with van der Waals surface area (Å²) in [6.45, 7) is 8.27. The number of nitrogens with one attached hydrogen (secondary N) is 8. The van der Waals surface area contributed by atoms with Crippen molar-refractivity contribution in [1.82, 2.24) is 52.1 Å². The van der Waals surface area contributed by atoms with Gasteiger partial charge in [-0.05, 0) is 69.2 Å². The van der Waals surface area contributed by atoms with Gasteiger partial charge >= 0.3 is 5.97 Å². The number of imidazole rings is 1. The Balaban J connectivity index is 1.88. The van der Waals surface area contributed by atoms with Crippen molar-refractivity contribution in [2.75, 3.05) is 26.7 Å². The van der Waals surface area contributed by atoms with Gasteiger partial charge in [0.1, 0.15) is 48.0 Å². The molecule has 0 aliphatic carbocycles. The van der Waals surface area contributed by atoms with Gasteiger partial charge in [0.05, 0.1) is 12.9 Å². The number of nitrogens with two attached hydrogens (primary N) is 2. The van der Waals surface area contributed by atoms with Crippen LogP contribution < -0.4 is 48.7 Å². The number of carboxylic acid groups (broad SMARTS) is 1. The second kappa shape index (κ2) is 25.5. The minimum Gasteiger partial charge on any atom is -0.508 e. The predicted molar refractivity (Wildman–Crippen MR) is 237 cm³/mol. The summed E-state index contributed by atoms with van der Waals surface area (Å²) in [5.74, 6) is -7.20. The summed E-state index contributed by atoms with van der Waals surface area (Å²) in [6.07, 6.45) is 3.84. The SMILES string of the molecule is CNCC(=O)N[C@@H](CCCN=C(N)N)C(=O)N[C@H](C(=O)N[C@H](Cc1ccc(O)cc1)C(=O)N[C@H](C(=O)N[C@@H](Cc1cnc[nH]1)C(=O)N1CCC[C@H]1C(=O)N[C@@H](C)C(=O)O)C(C)C)C(C)C. The molecular weight excluding hydrogens is 847 g/mol. The highest BCUT2D eigenvalue weighted by Crippen LogP contribution is 2.20. The van der Waals surface area contributed by atoms with Crippen molar-refractivity contribution in [2.45, 2.75) is 115 Å². The minimum atomic E-state index is -1.34. The molecule has 65 heavy (non-hydrogen) atoms. The van der Waals surface area contributed by atoms with E-state index in [0.717, 1.165) is 0 Å². The fraction of sp³-hybridized carbons (Fsp3) is 0.571. The third kappa shape index (κ3) is 16.7. The number of carbonyl (C=O) groups excluding carboxylic acids is 7. The number of benzene rings is 1. The summed E-state index contributed by atoms with van der Waals surface area (Å²) >= 11 is 0. The predicted octanol–water partition coefficient (Wildman–Crippen LogP) is -2.51. The highest BCUT2D eigenvalue weighted by atomic mass is 16.4. The van der Waals surface area contributed by atoms with Crippen LogP contribution in [0.15, 0.2) is 41.8 Å². The molecule has 23 nitrogen and oxygen atoms in total. The van der Waals surface area contributed by atoms with E-state index in [1.807, 2.05) is 0 Å². The first-order valence-corrected chi connectivity index (χ1v) is 21.5. The van der Waals surface area contributed by atoms with Gasteiger partial charge in [-0.1, -0.05) is 39.8 Å². The zero-order valence-electron chi connectivity index (χ0n) is 37.7. The zero-order chi connectivity index (χ0) is 48.4. The largest absolute Gasteiger partial charge is 0.508 e. The van der Waals surface area contributed by atoms with Crippen molar-refractivity contribution < 1.29 is 48.6 Å². The number of phenols is 1. The van der Waals surface area contributed by atoms with E-state index in [4.69, 9.17) is 11.5 Å². The average Bonchev–Trinajstić information content (AvgIpc) is 3.95. The van der Waals surface area contributed by atoms with Crippen LogP contribution in [0.4, 0.5) is 0 Å². The lowest BCUT2D eigenvalue weighted by Crippen LogP contribution is -2.61. The van der Waals surface area contributed by atoms with Crippen LogP contribution >= 0.6 is 0 Å². The van der Waals surface area contributed by atoms with E-state index in [1.165, 1.54) is 36.5 Å². The van der Waals surface area contributed by atoms with Crippen molar-refractivity contribution >= 4 is 53.3 Å². The molecule has 0 bridgehead atoms. The second-order valence-corrected chi connectivity index (χ2v) is 16.6. The molecule has 0 unspecified atom stereocenters. The smallest absolute Gasteiger partial charge is 0.325 e. The van der Waals surface area contributed by atoms with Gasteiger partial charge < -0.3 is 68.8 Å². The summed E-state index contributed by atoms with van der Waals surface area (Å²) in [6, 6.07) is -2.43. The number of aromatic nitrogens is 2. The summed E-state index contributed by atoms with van der Waals surface area (Å²) in [5.41, 5.74) is 11.9. The number of aliphatic carboxylic acids is 1. The van der Waals surface area contributed by atoms with Crippen molar-refractivity contribution in [3.8, 4) is 5.75 Å². The van der Waals surface area contributed by atoms with E-state index in [0.29, 0.717) is 24.1 Å². The standard InChI is InChI=1S/C42H65N13O10/c1-22(2)33(53-35(58)28(50-32(57)20-45-6)9-7-15-47-42(43)44)38(61)51-29(17-25-11-13-27(56)14-12-25)36(59)54-34(23(3)4)39(62)52-30(18-26-19-46-21-48-26)40(63)55-16-8-10-31(55)37(60)49-24(5)41(64)65/h11-14,19,21-24,28-31,33-34,45,56H,7-10,15-18,20H2,1-6H3,(H,46,48)(H,49,60)(H,50,57)(H,51,61)(H,52,62)(H,53,58)(H,54,59)(H,64,65)(H4,43,44,47)/t24-,28-,29+,30-,31-,33-,34-/m0/s1. The number of H-pyrrole nitrogens is 1. The molecule has 1 saturated heterocycles. The first-order valence-electron chi connectivity index (χ1n) is 21.5. The van der Waals surface area contributed by atoms with Crippen LogP contribution in [-0.2, 0) is 51.2 Å². The molecule has 0 radical (unpaired) electrons. The number of nitrogens with zero attached hydrogens (tertiary/aromatic N) is 3. The molecule has 7 atom stereocenters. The molecule has 1 aromatic heterocycles. The Kier molecular flexibility index (Phi) is 20.6. The van der Waals surface area contributed by atoms with Crippen molar-refractivity contribution in [1.29, 1.82) is 0 Å². The third-order valence-corrected chi connectivity index (χ3v) is 10.6. The Morgan fingerprint density at radius 1 is 0.815 bits per heavy atom. The molecule has 14 N–H and O–H groups in total. The number of rotatable bonds is 25. The van der Waals surface area contributed by atoms with Crippen LogP contribution in [0.1, 0.15) is 71.6 Å². The number of aromatic amines is 1. The molecule has 2 aromatic rings. The molecule has 0 saturated carbocycles. The van der Waals surface area contributed by atoms with Gasteiger partial charge in [0.25, 0.3) is 0 Å². The summed E-state index contributed by atoms with van der Waals surface area (Å²) in [4.78, 5) is 120. The van der Waals surface area contributed by atoms with Gasteiger partial charge in [-0.25, -0.2) is 4.98 Å². The molecule has 1 aliphatic rings.